The number of nitrogens with zero attached hydrogens (tertiary/aromatic N) is 1. The van der Waals surface area contributed by atoms with Gasteiger partial charge in [-0.1, -0.05) is 48.0 Å². The Hall–Kier alpha value is -2.13. The molecular weight excluding hydrogens is 296 g/mol. The van der Waals surface area contributed by atoms with E-state index >= 15 is 0 Å². The van der Waals surface area contributed by atoms with Crippen LogP contribution in [0.2, 0.25) is 0 Å². The van der Waals surface area contributed by atoms with Crippen LogP contribution in [0.1, 0.15) is 41.1 Å². The molecule has 0 bridgehead atoms. The van der Waals surface area contributed by atoms with E-state index in [0.29, 0.717) is 12.6 Å². The highest BCUT2D eigenvalue weighted by atomic mass is 16.2. The third-order valence-electron chi connectivity index (χ3n) is 4.84. The van der Waals surface area contributed by atoms with E-state index in [4.69, 9.17) is 0 Å². The Labute approximate surface area is 144 Å². The molecule has 1 atom stereocenters. The van der Waals surface area contributed by atoms with Crippen LogP contribution in [0.15, 0.2) is 42.5 Å². The summed E-state index contributed by atoms with van der Waals surface area (Å²) in [6.45, 7) is 7.63. The van der Waals surface area contributed by atoms with Crippen LogP contribution in [-0.4, -0.2) is 23.9 Å². The van der Waals surface area contributed by atoms with Gasteiger partial charge >= 0.3 is 0 Å². The number of rotatable bonds is 4. The number of hydrogen-bond acceptors (Lipinski definition) is 2. The molecule has 3 heteroatoms. The van der Waals surface area contributed by atoms with Crippen molar-refractivity contribution in [2.75, 3.05) is 18.4 Å². The molecule has 0 aromatic heterocycles. The number of likely N-dealkylation sites (tertiary alicyclic amines) is 1. The van der Waals surface area contributed by atoms with Crippen LogP contribution in [0.4, 0.5) is 5.69 Å². The molecule has 1 N–H and O–H groups in total. The third-order valence-corrected chi connectivity index (χ3v) is 4.84. The maximum absolute atomic E-state index is 12.6. The maximum atomic E-state index is 12.6. The van der Waals surface area contributed by atoms with Gasteiger partial charge in [-0.15, -0.1) is 0 Å². The summed E-state index contributed by atoms with van der Waals surface area (Å²) in [5, 5.41) is 3.12. The van der Waals surface area contributed by atoms with Crippen molar-refractivity contribution in [2.24, 2.45) is 0 Å². The van der Waals surface area contributed by atoms with E-state index in [1.807, 2.05) is 6.07 Å². The van der Waals surface area contributed by atoms with Gasteiger partial charge in [-0.3, -0.25) is 9.69 Å². The molecule has 0 radical (unpaired) electrons. The lowest BCUT2D eigenvalue weighted by Crippen LogP contribution is -2.33. The van der Waals surface area contributed by atoms with Crippen LogP contribution in [-0.2, 0) is 4.79 Å². The fourth-order valence-electron chi connectivity index (χ4n) is 3.81. The van der Waals surface area contributed by atoms with Crippen LogP contribution >= 0.6 is 0 Å². The summed E-state index contributed by atoms with van der Waals surface area (Å²) < 4.78 is 0. The number of benzene rings is 2. The van der Waals surface area contributed by atoms with Crippen LogP contribution in [0.25, 0.3) is 0 Å². The van der Waals surface area contributed by atoms with Crippen molar-refractivity contribution < 1.29 is 4.79 Å². The standard InChI is InChI=1S/C21H26N2O/c1-15-12-16(2)21(17(3)13-15)22-20(24)14-23-11-7-10-19(23)18-8-5-4-6-9-18/h4-6,8-9,12-13,19H,7,10-11,14H2,1-3H3,(H,22,24)/t19-/m1/s1. The average Bonchev–Trinajstić information content (AvgIpc) is 3.00. The van der Waals surface area contributed by atoms with Crippen molar-refractivity contribution >= 4 is 11.6 Å². The second-order valence-electron chi connectivity index (χ2n) is 6.86. The molecule has 0 saturated carbocycles. The van der Waals surface area contributed by atoms with Crippen molar-refractivity contribution in [3.63, 3.8) is 0 Å². The SMILES string of the molecule is Cc1cc(C)c(NC(=O)CN2CCC[C@@H]2c2ccccc2)c(C)c1. The van der Waals surface area contributed by atoms with Crippen molar-refractivity contribution in [3.8, 4) is 0 Å². The number of anilines is 1. The normalized spacial score (nSPS) is 17.9. The van der Waals surface area contributed by atoms with E-state index in [0.717, 1.165) is 36.2 Å². The molecule has 1 aliphatic heterocycles. The van der Waals surface area contributed by atoms with Gasteiger partial charge in [-0.2, -0.15) is 0 Å². The highest BCUT2D eigenvalue weighted by Gasteiger charge is 2.27. The number of aryl methyl sites for hydroxylation is 3. The van der Waals surface area contributed by atoms with Crippen molar-refractivity contribution in [1.29, 1.82) is 0 Å². The molecule has 2 aromatic carbocycles. The van der Waals surface area contributed by atoms with E-state index in [2.05, 4.69) is 67.4 Å². The molecule has 1 amide bonds. The van der Waals surface area contributed by atoms with Crippen molar-refractivity contribution in [2.45, 2.75) is 39.7 Å². The first-order valence-corrected chi connectivity index (χ1v) is 8.71. The number of carbonyl (C=O) groups is 1. The molecular formula is C21H26N2O. The molecule has 126 valence electrons. The Bertz CT molecular complexity index is 701. The molecule has 24 heavy (non-hydrogen) atoms. The Morgan fingerprint density at radius 3 is 2.46 bits per heavy atom. The summed E-state index contributed by atoms with van der Waals surface area (Å²) in [5.74, 6) is 0.0767. The largest absolute Gasteiger partial charge is 0.324 e. The number of amides is 1. The first-order chi connectivity index (χ1) is 11.5. The molecule has 1 heterocycles. The average molecular weight is 322 g/mol. The third kappa shape index (κ3) is 3.68. The minimum Gasteiger partial charge on any atom is -0.324 e. The van der Waals surface area contributed by atoms with Crippen molar-refractivity contribution in [3.05, 3.63) is 64.7 Å². The van der Waals surface area contributed by atoms with Crippen LogP contribution < -0.4 is 5.32 Å². The number of carbonyl (C=O) groups excluding carboxylic acids is 1. The molecule has 1 aliphatic rings. The van der Waals surface area contributed by atoms with Crippen LogP contribution in [0, 0.1) is 20.8 Å². The van der Waals surface area contributed by atoms with Gasteiger partial charge in [0.15, 0.2) is 0 Å². The summed E-state index contributed by atoms with van der Waals surface area (Å²) in [5.41, 5.74) is 5.75. The highest BCUT2D eigenvalue weighted by Crippen LogP contribution is 2.31. The van der Waals surface area contributed by atoms with E-state index in [9.17, 15) is 4.79 Å². The molecule has 1 saturated heterocycles. The molecule has 0 unspecified atom stereocenters. The van der Waals surface area contributed by atoms with Gasteiger partial charge in [0.2, 0.25) is 5.91 Å². The lowest BCUT2D eigenvalue weighted by molar-refractivity contribution is -0.117. The van der Waals surface area contributed by atoms with E-state index < -0.39 is 0 Å². The first-order valence-electron chi connectivity index (χ1n) is 8.71. The first kappa shape index (κ1) is 16.7. The van der Waals surface area contributed by atoms with E-state index in [-0.39, 0.29) is 5.91 Å². The smallest absolute Gasteiger partial charge is 0.238 e. The lowest BCUT2D eigenvalue weighted by Gasteiger charge is -2.24. The summed E-state index contributed by atoms with van der Waals surface area (Å²) in [4.78, 5) is 14.9. The Kier molecular flexibility index (Phi) is 5.00. The molecule has 0 aliphatic carbocycles. The van der Waals surface area contributed by atoms with Gasteiger partial charge in [-0.05, 0) is 56.8 Å². The second kappa shape index (κ2) is 7.18. The number of hydrogen-bond donors (Lipinski definition) is 1. The quantitative estimate of drug-likeness (QED) is 0.905. The fourth-order valence-corrected chi connectivity index (χ4v) is 3.81. The zero-order valence-electron chi connectivity index (χ0n) is 14.8. The summed E-state index contributed by atoms with van der Waals surface area (Å²) in [6, 6.07) is 15.1. The molecule has 2 aromatic rings. The molecule has 3 nitrogen and oxygen atoms in total. The minimum absolute atomic E-state index is 0.0767. The summed E-state index contributed by atoms with van der Waals surface area (Å²) >= 11 is 0. The zero-order chi connectivity index (χ0) is 17.1. The maximum Gasteiger partial charge on any atom is 0.238 e. The van der Waals surface area contributed by atoms with Crippen LogP contribution in [0.5, 0.6) is 0 Å². The minimum atomic E-state index is 0.0767. The topological polar surface area (TPSA) is 32.3 Å². The van der Waals surface area contributed by atoms with Crippen LogP contribution in [0.3, 0.4) is 0 Å². The predicted molar refractivity (Wildman–Crippen MR) is 99.3 cm³/mol. The van der Waals surface area contributed by atoms with Crippen molar-refractivity contribution in [1.82, 2.24) is 4.90 Å². The predicted octanol–water partition coefficient (Wildman–Crippen LogP) is 4.39. The molecule has 1 fully saturated rings. The number of nitrogens with one attached hydrogen (secondary N) is 1. The van der Waals surface area contributed by atoms with Gasteiger partial charge < -0.3 is 5.32 Å². The Morgan fingerprint density at radius 1 is 1.12 bits per heavy atom. The fraction of sp³-hybridized carbons (Fsp3) is 0.381. The Balaban J connectivity index is 1.69. The van der Waals surface area contributed by atoms with Gasteiger partial charge in [-0.25, -0.2) is 0 Å². The highest BCUT2D eigenvalue weighted by molar-refractivity contribution is 5.93. The van der Waals surface area contributed by atoms with Gasteiger partial charge in [0.05, 0.1) is 6.54 Å². The lowest BCUT2D eigenvalue weighted by atomic mass is 10.0. The van der Waals surface area contributed by atoms with E-state index in [1.54, 1.807) is 0 Å². The summed E-state index contributed by atoms with van der Waals surface area (Å²) in [6.07, 6.45) is 2.27. The zero-order valence-corrected chi connectivity index (χ0v) is 14.8. The van der Waals surface area contributed by atoms with Gasteiger partial charge in [0.1, 0.15) is 0 Å². The van der Waals surface area contributed by atoms with E-state index in [1.165, 1.54) is 11.1 Å². The Morgan fingerprint density at radius 2 is 1.79 bits per heavy atom. The monoisotopic (exact) mass is 322 g/mol. The van der Waals surface area contributed by atoms with Gasteiger partial charge in [0.25, 0.3) is 0 Å². The van der Waals surface area contributed by atoms with Gasteiger partial charge in [0, 0.05) is 11.7 Å². The summed E-state index contributed by atoms with van der Waals surface area (Å²) in [7, 11) is 0. The second-order valence-corrected chi connectivity index (χ2v) is 6.86. The molecule has 0 spiro atoms. The molecule has 3 rings (SSSR count).